The van der Waals surface area contributed by atoms with Gasteiger partial charge in [-0.2, -0.15) is 0 Å². The van der Waals surface area contributed by atoms with Crippen LogP contribution < -0.4 is 10.3 Å². The summed E-state index contributed by atoms with van der Waals surface area (Å²) in [7, 11) is 1.56. The lowest BCUT2D eigenvalue weighted by molar-refractivity contribution is 0.416. The molecule has 0 aliphatic rings. The number of hydrogen-bond donors (Lipinski definition) is 1. The van der Waals surface area contributed by atoms with Crippen LogP contribution >= 0.6 is 34.7 Å². The third-order valence-corrected chi connectivity index (χ3v) is 5.39. The smallest absolute Gasteiger partial charge is 0.270 e. The largest absolute Gasteiger partial charge is 0.496 e. The molecule has 0 spiro atoms. The molecule has 0 aliphatic carbocycles. The molecule has 0 atom stereocenters. The van der Waals surface area contributed by atoms with E-state index in [1.54, 1.807) is 19.2 Å². The fraction of sp³-hybridized carbons (Fsp3) is 0.214. The van der Waals surface area contributed by atoms with Crippen molar-refractivity contribution >= 4 is 45.0 Å². The molecule has 22 heavy (non-hydrogen) atoms. The molecule has 0 aliphatic heterocycles. The highest BCUT2D eigenvalue weighted by Gasteiger charge is 2.16. The van der Waals surface area contributed by atoms with Crippen LogP contribution in [0, 0.1) is 6.92 Å². The molecule has 1 N–H and O–H groups in total. The lowest BCUT2D eigenvalue weighted by atomic mass is 10.1. The van der Waals surface area contributed by atoms with Gasteiger partial charge < -0.3 is 9.72 Å². The Hall–Kier alpha value is -1.57. The maximum absolute atomic E-state index is 12.3. The summed E-state index contributed by atoms with van der Waals surface area (Å²) in [6.07, 6.45) is 1.92. The zero-order valence-electron chi connectivity index (χ0n) is 12.1. The SMILES string of the molecule is COc1cc(Cl)cc(C)c1-c1nc2nc(SC)sc2c(=O)[nH]1. The first-order valence-electron chi connectivity index (χ1n) is 6.33. The molecule has 2 heterocycles. The summed E-state index contributed by atoms with van der Waals surface area (Å²) in [5, 5.41) is 0.569. The van der Waals surface area contributed by atoms with Gasteiger partial charge in [-0.15, -0.1) is 11.3 Å². The Kier molecular flexibility index (Phi) is 4.12. The number of aryl methyl sites for hydroxylation is 1. The Labute approximate surface area is 139 Å². The number of thiazole rings is 1. The number of fused-ring (bicyclic) bond motifs is 1. The van der Waals surface area contributed by atoms with Crippen molar-refractivity contribution in [1.82, 2.24) is 15.0 Å². The van der Waals surface area contributed by atoms with Gasteiger partial charge in [0.25, 0.3) is 5.56 Å². The van der Waals surface area contributed by atoms with Gasteiger partial charge in [0.05, 0.1) is 12.7 Å². The Balaban J connectivity index is 2.29. The average molecular weight is 354 g/mol. The van der Waals surface area contributed by atoms with E-state index in [2.05, 4.69) is 15.0 Å². The number of aromatic nitrogens is 3. The minimum Gasteiger partial charge on any atom is -0.496 e. The number of aromatic amines is 1. The Morgan fingerprint density at radius 2 is 2.14 bits per heavy atom. The topological polar surface area (TPSA) is 67.9 Å². The molecule has 0 amide bonds. The first-order valence-corrected chi connectivity index (χ1v) is 8.74. The van der Waals surface area contributed by atoms with Crippen LogP contribution in [-0.2, 0) is 0 Å². The van der Waals surface area contributed by atoms with Gasteiger partial charge >= 0.3 is 0 Å². The molecule has 0 saturated heterocycles. The molecule has 114 valence electrons. The molecular weight excluding hydrogens is 342 g/mol. The van der Waals surface area contributed by atoms with Crippen molar-refractivity contribution in [3.63, 3.8) is 0 Å². The summed E-state index contributed by atoms with van der Waals surface area (Å²) in [6, 6.07) is 3.50. The van der Waals surface area contributed by atoms with Crippen molar-refractivity contribution in [2.75, 3.05) is 13.4 Å². The van der Waals surface area contributed by atoms with E-state index in [4.69, 9.17) is 16.3 Å². The van der Waals surface area contributed by atoms with E-state index in [0.717, 1.165) is 9.90 Å². The zero-order valence-corrected chi connectivity index (χ0v) is 14.4. The van der Waals surface area contributed by atoms with Crippen molar-refractivity contribution in [1.29, 1.82) is 0 Å². The maximum atomic E-state index is 12.3. The van der Waals surface area contributed by atoms with Crippen LogP contribution in [0.15, 0.2) is 21.3 Å². The molecule has 1 aromatic carbocycles. The number of benzene rings is 1. The van der Waals surface area contributed by atoms with E-state index in [1.807, 2.05) is 13.2 Å². The highest BCUT2D eigenvalue weighted by Crippen LogP contribution is 2.34. The number of halogens is 1. The Morgan fingerprint density at radius 1 is 1.36 bits per heavy atom. The number of thioether (sulfide) groups is 1. The van der Waals surface area contributed by atoms with Gasteiger partial charge in [-0.3, -0.25) is 4.79 Å². The number of nitrogens with zero attached hydrogens (tertiary/aromatic N) is 2. The number of ether oxygens (including phenoxy) is 1. The summed E-state index contributed by atoms with van der Waals surface area (Å²) in [6.45, 7) is 1.89. The predicted octanol–water partition coefficient (Wildman–Crippen LogP) is 3.74. The molecular formula is C14H12ClN3O2S2. The van der Waals surface area contributed by atoms with Gasteiger partial charge in [-0.25, -0.2) is 9.97 Å². The fourth-order valence-electron chi connectivity index (χ4n) is 2.20. The van der Waals surface area contributed by atoms with E-state index in [1.165, 1.54) is 23.1 Å². The average Bonchev–Trinajstić information content (AvgIpc) is 2.90. The normalized spacial score (nSPS) is 11.1. The van der Waals surface area contributed by atoms with Crippen molar-refractivity contribution in [2.24, 2.45) is 0 Å². The van der Waals surface area contributed by atoms with Gasteiger partial charge in [-0.1, -0.05) is 23.4 Å². The monoisotopic (exact) mass is 353 g/mol. The second-order valence-electron chi connectivity index (χ2n) is 4.55. The van der Waals surface area contributed by atoms with E-state index in [9.17, 15) is 4.79 Å². The zero-order chi connectivity index (χ0) is 15.9. The molecule has 0 bridgehead atoms. The van der Waals surface area contributed by atoms with E-state index in [0.29, 0.717) is 32.5 Å². The number of nitrogens with one attached hydrogen (secondary N) is 1. The highest BCUT2D eigenvalue weighted by atomic mass is 35.5. The molecule has 3 aromatic rings. The van der Waals surface area contributed by atoms with Crippen molar-refractivity contribution < 1.29 is 4.74 Å². The quantitative estimate of drug-likeness (QED) is 0.726. The van der Waals surface area contributed by atoms with Crippen LogP contribution in [0.2, 0.25) is 5.02 Å². The maximum Gasteiger partial charge on any atom is 0.270 e. The van der Waals surface area contributed by atoms with Crippen LogP contribution in [0.5, 0.6) is 5.75 Å². The molecule has 0 radical (unpaired) electrons. The van der Waals surface area contributed by atoms with Gasteiger partial charge in [0.15, 0.2) is 9.99 Å². The molecule has 2 aromatic heterocycles. The van der Waals surface area contributed by atoms with Gasteiger partial charge in [-0.05, 0) is 30.9 Å². The van der Waals surface area contributed by atoms with Crippen LogP contribution in [-0.4, -0.2) is 28.3 Å². The molecule has 0 saturated carbocycles. The third kappa shape index (κ3) is 2.60. The number of H-pyrrole nitrogens is 1. The number of rotatable bonds is 3. The minimum absolute atomic E-state index is 0.200. The molecule has 0 unspecified atom stereocenters. The van der Waals surface area contributed by atoms with E-state index in [-0.39, 0.29) is 5.56 Å². The first-order chi connectivity index (χ1) is 10.5. The molecule has 0 fully saturated rings. The lowest BCUT2D eigenvalue weighted by Crippen LogP contribution is -2.09. The lowest BCUT2D eigenvalue weighted by Gasteiger charge is -2.11. The van der Waals surface area contributed by atoms with E-state index >= 15 is 0 Å². The van der Waals surface area contributed by atoms with Crippen LogP contribution in [0.25, 0.3) is 21.7 Å². The predicted molar refractivity (Wildman–Crippen MR) is 91.6 cm³/mol. The number of hydrogen-bond acceptors (Lipinski definition) is 6. The standard InChI is InChI=1S/C14H12ClN3O2S2/c1-6-4-7(15)5-8(20-2)9(6)11-16-12-10(13(19)17-11)22-14(18-12)21-3/h4-5H,1-3H3,(H,16,17,19). The summed E-state index contributed by atoms with van der Waals surface area (Å²) in [4.78, 5) is 23.9. The Morgan fingerprint density at radius 3 is 2.82 bits per heavy atom. The van der Waals surface area contributed by atoms with Gasteiger partial charge in [0.2, 0.25) is 0 Å². The van der Waals surface area contributed by atoms with Crippen molar-refractivity contribution in [3.05, 3.63) is 33.1 Å². The summed E-state index contributed by atoms with van der Waals surface area (Å²) >= 11 is 8.88. The van der Waals surface area contributed by atoms with Crippen LogP contribution in [0.4, 0.5) is 0 Å². The second-order valence-corrected chi connectivity index (χ2v) is 7.04. The summed E-state index contributed by atoms with van der Waals surface area (Å²) in [5.74, 6) is 0.995. The molecule has 8 heteroatoms. The molecule has 3 rings (SSSR count). The first kappa shape index (κ1) is 15.3. The van der Waals surface area contributed by atoms with Crippen molar-refractivity contribution in [2.45, 2.75) is 11.3 Å². The third-order valence-electron chi connectivity index (χ3n) is 3.14. The van der Waals surface area contributed by atoms with Crippen LogP contribution in [0.1, 0.15) is 5.56 Å². The van der Waals surface area contributed by atoms with Gasteiger partial charge in [0.1, 0.15) is 16.3 Å². The highest BCUT2D eigenvalue weighted by molar-refractivity contribution is 8.00. The molecule has 5 nitrogen and oxygen atoms in total. The minimum atomic E-state index is -0.200. The summed E-state index contributed by atoms with van der Waals surface area (Å²) in [5.41, 5.74) is 1.83. The second kappa shape index (κ2) is 5.91. The van der Waals surface area contributed by atoms with E-state index < -0.39 is 0 Å². The number of methoxy groups -OCH3 is 1. The summed E-state index contributed by atoms with van der Waals surface area (Å²) < 4.78 is 6.71. The van der Waals surface area contributed by atoms with Gasteiger partial charge in [0, 0.05) is 5.02 Å². The van der Waals surface area contributed by atoms with Crippen molar-refractivity contribution in [3.8, 4) is 17.1 Å². The fourth-order valence-corrected chi connectivity index (χ4v) is 3.85. The Bertz CT molecular complexity index is 920. The van der Waals surface area contributed by atoms with Crippen LogP contribution in [0.3, 0.4) is 0 Å².